The van der Waals surface area contributed by atoms with E-state index >= 15 is 0 Å². The Morgan fingerprint density at radius 1 is 1.17 bits per heavy atom. The van der Waals surface area contributed by atoms with Crippen LogP contribution in [0.5, 0.6) is 0 Å². The van der Waals surface area contributed by atoms with E-state index in [0.717, 1.165) is 43.4 Å². The maximum absolute atomic E-state index is 6.11. The fourth-order valence-electron chi connectivity index (χ4n) is 3.48. The van der Waals surface area contributed by atoms with Gasteiger partial charge in [-0.2, -0.15) is 0 Å². The highest BCUT2D eigenvalue weighted by Gasteiger charge is 2.21. The Morgan fingerprint density at radius 3 is 2.75 bits per heavy atom. The summed E-state index contributed by atoms with van der Waals surface area (Å²) in [5, 5.41) is 0.808. The zero-order valence-corrected chi connectivity index (χ0v) is 14.6. The first-order valence-electron chi connectivity index (χ1n) is 8.46. The van der Waals surface area contributed by atoms with Crippen LogP contribution in [0.25, 0.3) is 5.65 Å². The largest absolute Gasteiger partial charge is 0.360 e. The van der Waals surface area contributed by atoms with E-state index in [-0.39, 0.29) is 0 Å². The molecule has 0 bridgehead atoms. The molecule has 4 nitrogen and oxygen atoms in total. The van der Waals surface area contributed by atoms with Crippen molar-refractivity contribution < 1.29 is 4.90 Å². The van der Waals surface area contributed by atoms with Gasteiger partial charge < -0.3 is 14.2 Å². The molecule has 1 aliphatic heterocycles. The number of hydrogen-bond acceptors (Lipinski definition) is 2. The van der Waals surface area contributed by atoms with E-state index in [9.17, 15) is 0 Å². The second-order valence-corrected chi connectivity index (χ2v) is 6.98. The number of rotatable bonds is 3. The molecule has 0 aliphatic carbocycles. The Bertz CT molecular complexity index is 849. The third-order valence-electron chi connectivity index (χ3n) is 4.80. The van der Waals surface area contributed by atoms with Gasteiger partial charge >= 0.3 is 0 Å². The lowest BCUT2D eigenvalue weighted by Crippen LogP contribution is -3.13. The van der Waals surface area contributed by atoms with E-state index in [1.165, 1.54) is 16.9 Å². The van der Waals surface area contributed by atoms with Crippen LogP contribution in [-0.4, -0.2) is 35.6 Å². The summed E-state index contributed by atoms with van der Waals surface area (Å²) >= 11 is 6.11. The van der Waals surface area contributed by atoms with E-state index in [1.807, 2.05) is 12.1 Å². The van der Waals surface area contributed by atoms with Gasteiger partial charge in [-0.15, -0.1) is 0 Å². The van der Waals surface area contributed by atoms with Gasteiger partial charge in [-0.25, -0.2) is 4.98 Å². The number of aryl methyl sites for hydroxylation is 1. The summed E-state index contributed by atoms with van der Waals surface area (Å²) in [4.78, 5) is 8.82. The third kappa shape index (κ3) is 3.12. The van der Waals surface area contributed by atoms with Gasteiger partial charge in [0.15, 0.2) is 0 Å². The SMILES string of the molecule is Cc1cccn2cc(C[NH+]3CCN(c4cccc(Cl)c4)CC3)nc12. The molecule has 3 aromatic rings. The minimum absolute atomic E-state index is 0.808. The number of fused-ring (bicyclic) bond motifs is 1. The average molecular weight is 342 g/mol. The van der Waals surface area contributed by atoms with Crippen molar-refractivity contribution in [3.63, 3.8) is 0 Å². The van der Waals surface area contributed by atoms with E-state index in [4.69, 9.17) is 16.6 Å². The molecule has 0 atom stereocenters. The van der Waals surface area contributed by atoms with Crippen LogP contribution in [0.1, 0.15) is 11.3 Å². The Balaban J connectivity index is 1.41. The first kappa shape index (κ1) is 15.5. The number of quaternary nitrogens is 1. The highest BCUT2D eigenvalue weighted by molar-refractivity contribution is 6.30. The molecule has 24 heavy (non-hydrogen) atoms. The lowest BCUT2D eigenvalue weighted by Gasteiger charge is -2.33. The van der Waals surface area contributed by atoms with E-state index in [0.29, 0.717) is 0 Å². The summed E-state index contributed by atoms with van der Waals surface area (Å²) < 4.78 is 2.13. The van der Waals surface area contributed by atoms with Crippen LogP contribution in [0.2, 0.25) is 5.02 Å². The average Bonchev–Trinajstić information content (AvgIpc) is 2.99. The normalized spacial score (nSPS) is 16.0. The molecule has 124 valence electrons. The van der Waals surface area contributed by atoms with Gasteiger partial charge in [-0.3, -0.25) is 0 Å². The number of anilines is 1. The van der Waals surface area contributed by atoms with Crippen LogP contribution in [-0.2, 0) is 6.54 Å². The number of nitrogens with zero attached hydrogens (tertiary/aromatic N) is 3. The Kier molecular flexibility index (Phi) is 4.17. The molecule has 1 aromatic carbocycles. The van der Waals surface area contributed by atoms with E-state index < -0.39 is 0 Å². The van der Waals surface area contributed by atoms with Crippen LogP contribution in [0.3, 0.4) is 0 Å². The summed E-state index contributed by atoms with van der Waals surface area (Å²) in [6.45, 7) is 7.47. The number of nitrogens with one attached hydrogen (secondary N) is 1. The Labute approximate surface area is 147 Å². The molecular formula is C19H22ClN4+. The molecule has 0 spiro atoms. The number of hydrogen-bond donors (Lipinski definition) is 1. The summed E-state index contributed by atoms with van der Waals surface area (Å²) in [7, 11) is 0. The van der Waals surface area contributed by atoms with Crippen LogP contribution in [0.15, 0.2) is 48.8 Å². The molecule has 0 unspecified atom stereocenters. The molecule has 0 saturated carbocycles. The summed E-state index contributed by atoms with van der Waals surface area (Å²) in [5.41, 5.74) is 4.70. The van der Waals surface area contributed by atoms with E-state index in [1.54, 1.807) is 4.90 Å². The fourth-order valence-corrected chi connectivity index (χ4v) is 3.66. The lowest BCUT2D eigenvalue weighted by atomic mass is 10.2. The number of piperazine rings is 1. The quantitative estimate of drug-likeness (QED) is 0.790. The van der Waals surface area contributed by atoms with Crippen molar-refractivity contribution in [3.8, 4) is 0 Å². The molecule has 2 aromatic heterocycles. The molecule has 3 heterocycles. The topological polar surface area (TPSA) is 25.0 Å². The molecule has 4 rings (SSSR count). The zero-order chi connectivity index (χ0) is 16.5. The number of benzene rings is 1. The lowest BCUT2D eigenvalue weighted by molar-refractivity contribution is -0.914. The van der Waals surface area contributed by atoms with Gasteiger partial charge in [0.1, 0.15) is 17.9 Å². The zero-order valence-electron chi connectivity index (χ0n) is 13.9. The van der Waals surface area contributed by atoms with Gasteiger partial charge in [-0.1, -0.05) is 23.7 Å². The van der Waals surface area contributed by atoms with Crippen molar-refractivity contribution in [1.29, 1.82) is 0 Å². The van der Waals surface area contributed by atoms with Gasteiger partial charge in [-0.05, 0) is 36.8 Å². The van der Waals surface area contributed by atoms with Crippen molar-refractivity contribution >= 4 is 22.9 Å². The first-order chi connectivity index (χ1) is 11.7. The Morgan fingerprint density at radius 2 is 2.00 bits per heavy atom. The molecule has 1 aliphatic rings. The summed E-state index contributed by atoms with van der Waals surface area (Å²) in [5.74, 6) is 0. The van der Waals surface area contributed by atoms with Crippen LogP contribution in [0.4, 0.5) is 5.69 Å². The number of aromatic nitrogens is 2. The van der Waals surface area contributed by atoms with Crippen molar-refractivity contribution in [2.75, 3.05) is 31.1 Å². The van der Waals surface area contributed by atoms with Crippen molar-refractivity contribution in [2.24, 2.45) is 0 Å². The summed E-state index contributed by atoms with van der Waals surface area (Å²) in [6, 6.07) is 12.3. The molecule has 5 heteroatoms. The molecule has 0 radical (unpaired) electrons. The number of halogens is 1. The van der Waals surface area contributed by atoms with Gasteiger partial charge in [0.2, 0.25) is 0 Å². The minimum atomic E-state index is 0.808. The maximum Gasteiger partial charge on any atom is 0.140 e. The van der Waals surface area contributed by atoms with Gasteiger partial charge in [0.05, 0.1) is 26.2 Å². The predicted molar refractivity (Wildman–Crippen MR) is 98.0 cm³/mol. The van der Waals surface area contributed by atoms with Crippen molar-refractivity contribution in [2.45, 2.75) is 13.5 Å². The number of pyridine rings is 1. The molecule has 1 N–H and O–H groups in total. The highest BCUT2D eigenvalue weighted by atomic mass is 35.5. The maximum atomic E-state index is 6.11. The molecule has 1 saturated heterocycles. The van der Waals surface area contributed by atoms with Gasteiger partial charge in [0.25, 0.3) is 0 Å². The molecular weight excluding hydrogens is 320 g/mol. The van der Waals surface area contributed by atoms with Crippen LogP contribution < -0.4 is 9.80 Å². The van der Waals surface area contributed by atoms with Crippen LogP contribution >= 0.6 is 11.6 Å². The summed E-state index contributed by atoms with van der Waals surface area (Å²) in [6.07, 6.45) is 4.24. The van der Waals surface area contributed by atoms with Crippen LogP contribution in [0, 0.1) is 6.92 Å². The molecule has 0 amide bonds. The van der Waals surface area contributed by atoms with E-state index in [2.05, 4.69) is 52.9 Å². The third-order valence-corrected chi connectivity index (χ3v) is 5.04. The van der Waals surface area contributed by atoms with Gasteiger partial charge in [0, 0.05) is 23.1 Å². The standard InChI is InChI=1S/C19H21ClN4/c1-15-4-3-7-24-14-17(21-19(15)24)13-22-8-10-23(11-9-22)18-6-2-5-16(20)12-18/h2-7,12,14H,8-11,13H2,1H3/p+1. The second kappa shape index (κ2) is 6.46. The number of imidazole rings is 1. The van der Waals surface area contributed by atoms with Crippen molar-refractivity contribution in [1.82, 2.24) is 9.38 Å². The highest BCUT2D eigenvalue weighted by Crippen LogP contribution is 2.19. The Hall–Kier alpha value is -2.04. The minimum Gasteiger partial charge on any atom is -0.360 e. The predicted octanol–water partition coefficient (Wildman–Crippen LogP) is 2.20. The van der Waals surface area contributed by atoms with Crippen molar-refractivity contribution in [3.05, 3.63) is 65.1 Å². The monoisotopic (exact) mass is 341 g/mol. The first-order valence-corrected chi connectivity index (χ1v) is 8.84. The molecule has 1 fully saturated rings. The smallest absolute Gasteiger partial charge is 0.140 e. The fraction of sp³-hybridized carbons (Fsp3) is 0.316. The second-order valence-electron chi connectivity index (χ2n) is 6.55.